The van der Waals surface area contributed by atoms with Crippen molar-refractivity contribution in [2.24, 2.45) is 0 Å². The standard InChI is InChI=1S/C58H44N2/c1-2-37-19-11-20-49-55(37)50-34-43(25-28-48(50)56(49)60-47-27-24-42(38-13-5-3-6-14-38)32-46(33-47)39-15-7-4-8-16-39)44-26-29-52-51(35-44)57-53(21-12-30-59-57)58(52)36-54(58)45-23-22-40-17-9-10-18-41(40)31-45/h3-26,28-35,54,56,60H,2,27,36H2,1H3. The van der Waals surface area contributed by atoms with Crippen molar-refractivity contribution < 1.29 is 0 Å². The molecule has 0 saturated heterocycles. The Labute approximate surface area is 352 Å². The fraction of sp³-hybridized carbons (Fsp3) is 0.121. The Balaban J connectivity index is 0.918. The first-order valence-electron chi connectivity index (χ1n) is 21.5. The first-order valence-corrected chi connectivity index (χ1v) is 21.5. The van der Waals surface area contributed by atoms with Gasteiger partial charge >= 0.3 is 0 Å². The molecule has 1 saturated carbocycles. The lowest BCUT2D eigenvalue weighted by Gasteiger charge is -2.20. The highest BCUT2D eigenvalue weighted by Gasteiger charge is 2.61. The van der Waals surface area contributed by atoms with Gasteiger partial charge in [-0.2, -0.15) is 0 Å². The quantitative estimate of drug-likeness (QED) is 0.175. The highest BCUT2D eigenvalue weighted by molar-refractivity contribution is 5.91. The number of hydrogen-bond donors (Lipinski definition) is 1. The van der Waals surface area contributed by atoms with E-state index < -0.39 is 0 Å². The van der Waals surface area contributed by atoms with Gasteiger partial charge < -0.3 is 5.32 Å². The van der Waals surface area contributed by atoms with E-state index in [0.717, 1.165) is 25.0 Å². The van der Waals surface area contributed by atoms with Gasteiger partial charge in [0.05, 0.1) is 11.7 Å². The Bertz CT molecular complexity index is 3110. The smallest absolute Gasteiger partial charge is 0.0777 e. The minimum Gasteiger partial charge on any atom is -0.377 e. The molecule has 2 heteroatoms. The summed E-state index contributed by atoms with van der Waals surface area (Å²) in [6.07, 6.45) is 12.0. The Kier molecular flexibility index (Phi) is 8.03. The molecule has 1 aromatic heterocycles. The summed E-state index contributed by atoms with van der Waals surface area (Å²) < 4.78 is 0. The first kappa shape index (κ1) is 35.0. The molecular formula is C58H44N2. The largest absolute Gasteiger partial charge is 0.377 e. The fourth-order valence-corrected chi connectivity index (χ4v) is 10.8. The monoisotopic (exact) mass is 768 g/mol. The molecule has 1 fully saturated rings. The lowest BCUT2D eigenvalue weighted by atomic mass is 9.87. The second-order valence-electron chi connectivity index (χ2n) is 17.0. The second kappa shape index (κ2) is 13.8. The number of nitrogens with zero attached hydrogens (tertiary/aromatic N) is 1. The predicted octanol–water partition coefficient (Wildman–Crippen LogP) is 14.0. The molecule has 1 heterocycles. The maximum absolute atomic E-state index is 5.06. The van der Waals surface area contributed by atoms with Gasteiger partial charge in [0.15, 0.2) is 0 Å². The van der Waals surface area contributed by atoms with Gasteiger partial charge in [0, 0.05) is 29.3 Å². The number of aryl methyl sites for hydroxylation is 1. The van der Waals surface area contributed by atoms with Crippen LogP contribution in [0.2, 0.25) is 0 Å². The minimum atomic E-state index is -0.0228. The lowest BCUT2D eigenvalue weighted by Crippen LogP contribution is -2.20. The topological polar surface area (TPSA) is 24.9 Å². The van der Waals surface area contributed by atoms with E-state index in [1.807, 2.05) is 6.20 Å². The number of pyridine rings is 1. The molecule has 4 aliphatic carbocycles. The van der Waals surface area contributed by atoms with Crippen LogP contribution in [-0.2, 0) is 11.8 Å². The van der Waals surface area contributed by atoms with Crippen molar-refractivity contribution in [2.75, 3.05) is 0 Å². The summed E-state index contributed by atoms with van der Waals surface area (Å²) in [6, 6.07) is 63.1. The third-order valence-electron chi connectivity index (χ3n) is 13.7. The average Bonchev–Trinajstić information content (AvgIpc) is 3.97. The van der Waals surface area contributed by atoms with Gasteiger partial charge in [-0.1, -0.05) is 165 Å². The maximum Gasteiger partial charge on any atom is 0.0777 e. The van der Waals surface area contributed by atoms with Gasteiger partial charge in [0.2, 0.25) is 0 Å². The minimum absolute atomic E-state index is 0.0228. The van der Waals surface area contributed by atoms with Crippen molar-refractivity contribution in [1.82, 2.24) is 10.3 Å². The molecule has 286 valence electrons. The molecular weight excluding hydrogens is 725 g/mol. The molecule has 0 aliphatic heterocycles. The van der Waals surface area contributed by atoms with E-state index in [4.69, 9.17) is 4.98 Å². The van der Waals surface area contributed by atoms with Gasteiger partial charge in [-0.3, -0.25) is 4.98 Å². The highest BCUT2D eigenvalue weighted by Crippen LogP contribution is 2.70. The fourth-order valence-electron chi connectivity index (χ4n) is 10.8. The predicted molar refractivity (Wildman–Crippen MR) is 249 cm³/mol. The zero-order valence-electron chi connectivity index (χ0n) is 33.7. The van der Waals surface area contributed by atoms with Crippen LogP contribution in [0.5, 0.6) is 0 Å². The number of hydrogen-bond acceptors (Lipinski definition) is 2. The van der Waals surface area contributed by atoms with Crippen molar-refractivity contribution in [1.29, 1.82) is 0 Å². The third kappa shape index (κ3) is 5.51. The van der Waals surface area contributed by atoms with Crippen molar-refractivity contribution in [3.63, 3.8) is 0 Å². The number of rotatable bonds is 7. The Morgan fingerprint density at radius 2 is 1.33 bits per heavy atom. The number of allylic oxidation sites excluding steroid dienone is 5. The molecule has 0 radical (unpaired) electrons. The van der Waals surface area contributed by atoms with Gasteiger partial charge in [-0.25, -0.2) is 0 Å². The Morgan fingerprint density at radius 1 is 0.583 bits per heavy atom. The zero-order chi connectivity index (χ0) is 39.8. The number of fused-ring (bicyclic) bond motifs is 9. The van der Waals surface area contributed by atoms with E-state index in [1.54, 1.807) is 0 Å². The normalized spacial score (nSPS) is 19.4. The summed E-state index contributed by atoms with van der Waals surface area (Å²) in [5, 5.41) is 6.72. The van der Waals surface area contributed by atoms with Crippen LogP contribution >= 0.6 is 0 Å². The van der Waals surface area contributed by atoms with E-state index in [-0.39, 0.29) is 11.5 Å². The van der Waals surface area contributed by atoms with E-state index in [2.05, 4.69) is 200 Å². The van der Waals surface area contributed by atoms with Gasteiger partial charge in [-0.15, -0.1) is 0 Å². The summed E-state index contributed by atoms with van der Waals surface area (Å²) in [7, 11) is 0. The molecule has 3 atom stereocenters. The van der Waals surface area contributed by atoms with Crippen molar-refractivity contribution in [2.45, 2.75) is 43.6 Å². The number of nitrogens with one attached hydrogen (secondary N) is 1. The van der Waals surface area contributed by atoms with E-state index >= 15 is 0 Å². The average molecular weight is 769 g/mol. The van der Waals surface area contributed by atoms with Crippen molar-refractivity contribution in [3.05, 3.63) is 244 Å². The Hall–Kier alpha value is -7.03. The Morgan fingerprint density at radius 3 is 2.15 bits per heavy atom. The third-order valence-corrected chi connectivity index (χ3v) is 13.7. The molecule has 60 heavy (non-hydrogen) atoms. The van der Waals surface area contributed by atoms with Crippen LogP contribution in [0.3, 0.4) is 0 Å². The molecule has 7 aromatic carbocycles. The molecule has 3 unspecified atom stereocenters. The summed E-state index contributed by atoms with van der Waals surface area (Å²) >= 11 is 0. The van der Waals surface area contributed by atoms with Gasteiger partial charge in [-0.05, 0) is 138 Å². The molecule has 0 amide bonds. The molecule has 8 aromatic rings. The van der Waals surface area contributed by atoms with Crippen LogP contribution in [0.4, 0.5) is 0 Å². The summed E-state index contributed by atoms with van der Waals surface area (Å²) in [4.78, 5) is 5.06. The van der Waals surface area contributed by atoms with Gasteiger partial charge in [0.25, 0.3) is 0 Å². The van der Waals surface area contributed by atoms with Crippen LogP contribution in [0, 0.1) is 0 Å². The van der Waals surface area contributed by atoms with Crippen molar-refractivity contribution in [3.8, 4) is 33.5 Å². The maximum atomic E-state index is 5.06. The first-order chi connectivity index (χ1) is 29.7. The molecule has 1 N–H and O–H groups in total. The zero-order valence-corrected chi connectivity index (χ0v) is 33.7. The molecule has 12 rings (SSSR count). The number of aromatic nitrogens is 1. The molecule has 2 nitrogen and oxygen atoms in total. The summed E-state index contributed by atoms with van der Waals surface area (Å²) in [5.41, 5.74) is 22.0. The number of benzene rings is 7. The lowest BCUT2D eigenvalue weighted by molar-refractivity contribution is 0.694. The van der Waals surface area contributed by atoms with Crippen LogP contribution in [0.1, 0.15) is 76.2 Å². The van der Waals surface area contributed by atoms with Crippen LogP contribution in [-0.4, -0.2) is 4.98 Å². The summed E-state index contributed by atoms with van der Waals surface area (Å²) in [5.74, 6) is 0.439. The van der Waals surface area contributed by atoms with E-state index in [0.29, 0.717) is 5.92 Å². The van der Waals surface area contributed by atoms with Crippen LogP contribution in [0.15, 0.2) is 200 Å². The molecule has 4 aliphatic rings. The van der Waals surface area contributed by atoms with Crippen LogP contribution in [0.25, 0.3) is 55.4 Å². The van der Waals surface area contributed by atoms with E-state index in [9.17, 15) is 0 Å². The SMILES string of the molecule is CCc1cccc2c1-c1cc(-c3ccc4c(c3)-c3ncccc3C43CC3c3ccc4ccccc4c3)ccc1C2NC1=CC(c2ccccc2)=CC(c2ccccc2)=CC1. The van der Waals surface area contributed by atoms with Gasteiger partial charge in [0.1, 0.15) is 0 Å². The molecule has 0 bridgehead atoms. The van der Waals surface area contributed by atoms with Crippen molar-refractivity contribution >= 4 is 21.9 Å². The van der Waals surface area contributed by atoms with E-state index in [1.165, 1.54) is 99.9 Å². The second-order valence-corrected chi connectivity index (χ2v) is 17.0. The summed E-state index contributed by atoms with van der Waals surface area (Å²) in [6.45, 7) is 2.28. The van der Waals surface area contributed by atoms with Crippen LogP contribution < -0.4 is 5.32 Å². The highest BCUT2D eigenvalue weighted by atomic mass is 14.9. The molecule has 1 spiro atoms.